The summed E-state index contributed by atoms with van der Waals surface area (Å²) < 4.78 is 27.8. The Morgan fingerprint density at radius 3 is 2.65 bits per heavy atom. The van der Waals surface area contributed by atoms with E-state index < -0.39 is 12.6 Å². The molecule has 1 aromatic carbocycles. The number of aromatic nitrogens is 2. The second-order valence-electron chi connectivity index (χ2n) is 6.45. The third-order valence-electron chi connectivity index (χ3n) is 4.75. The van der Waals surface area contributed by atoms with Crippen LogP contribution >= 0.6 is 24.8 Å². The van der Waals surface area contributed by atoms with Crippen LogP contribution in [0.25, 0.3) is 11.0 Å². The van der Waals surface area contributed by atoms with Crippen molar-refractivity contribution in [2.75, 3.05) is 0 Å². The number of rotatable bonds is 5. The van der Waals surface area contributed by atoms with Crippen molar-refractivity contribution in [1.82, 2.24) is 14.9 Å². The van der Waals surface area contributed by atoms with Crippen LogP contribution in [-0.2, 0) is 4.79 Å². The minimum Gasteiger partial charge on any atom is -0.346 e. The summed E-state index contributed by atoms with van der Waals surface area (Å²) in [6.45, 7) is -1.04. The monoisotopic (exact) mass is 408 g/mol. The summed E-state index contributed by atoms with van der Waals surface area (Å²) in [4.78, 5) is 16.5. The lowest BCUT2D eigenvalue weighted by atomic mass is 10.00. The maximum absolute atomic E-state index is 13.5. The minimum absolute atomic E-state index is 0. The standard InChI is InChI=1S/C17H22F2N4O.2ClH/c1-10(21-15(24)9-11-5-4-6-12(11)20)16-22-13-7-2-3-8-14(13)23(16)17(18)19;;/h2-3,7-8,10-12,17H,4-6,9,20H2,1H3,(H,21,24);2*1H/t10?,11-,12+;;/m0../s1. The molecule has 1 aromatic heterocycles. The molecule has 1 unspecified atom stereocenters. The first-order valence-corrected chi connectivity index (χ1v) is 8.27. The summed E-state index contributed by atoms with van der Waals surface area (Å²) in [5.41, 5.74) is 6.84. The van der Waals surface area contributed by atoms with Gasteiger partial charge in [0.2, 0.25) is 5.91 Å². The van der Waals surface area contributed by atoms with Gasteiger partial charge in [-0.05, 0) is 37.8 Å². The van der Waals surface area contributed by atoms with E-state index in [0.29, 0.717) is 17.5 Å². The van der Waals surface area contributed by atoms with E-state index in [2.05, 4.69) is 10.3 Å². The first-order valence-electron chi connectivity index (χ1n) is 8.27. The van der Waals surface area contributed by atoms with Crippen molar-refractivity contribution in [3.8, 4) is 0 Å². The van der Waals surface area contributed by atoms with Gasteiger partial charge in [-0.15, -0.1) is 24.8 Å². The smallest absolute Gasteiger partial charge is 0.320 e. The van der Waals surface area contributed by atoms with Crippen molar-refractivity contribution in [2.45, 2.75) is 51.2 Å². The normalized spacial score (nSPS) is 20.5. The molecule has 146 valence electrons. The van der Waals surface area contributed by atoms with Gasteiger partial charge < -0.3 is 11.1 Å². The molecule has 3 rings (SSSR count). The number of hydrogen-bond donors (Lipinski definition) is 2. The Labute approximate surface area is 163 Å². The molecule has 1 aliphatic rings. The van der Waals surface area contributed by atoms with E-state index >= 15 is 0 Å². The predicted octanol–water partition coefficient (Wildman–Crippen LogP) is 3.97. The van der Waals surface area contributed by atoms with Crippen LogP contribution in [0, 0.1) is 5.92 Å². The van der Waals surface area contributed by atoms with Crippen LogP contribution in [-0.4, -0.2) is 21.5 Å². The molecule has 2 aromatic rings. The van der Waals surface area contributed by atoms with Crippen LogP contribution in [0.3, 0.4) is 0 Å². The maximum Gasteiger partial charge on any atom is 0.320 e. The average Bonchev–Trinajstić information content (AvgIpc) is 3.11. The van der Waals surface area contributed by atoms with Gasteiger partial charge in [0.15, 0.2) is 0 Å². The second kappa shape index (κ2) is 9.48. The van der Waals surface area contributed by atoms with Crippen LogP contribution in [0.2, 0.25) is 0 Å². The molecule has 0 radical (unpaired) electrons. The fraction of sp³-hybridized carbons (Fsp3) is 0.529. The molecule has 1 amide bonds. The second-order valence-corrected chi connectivity index (χ2v) is 6.45. The minimum atomic E-state index is -2.71. The summed E-state index contributed by atoms with van der Waals surface area (Å²) in [5, 5.41) is 2.79. The number of imidazole rings is 1. The molecule has 5 nitrogen and oxygen atoms in total. The van der Waals surface area contributed by atoms with Crippen molar-refractivity contribution in [3.63, 3.8) is 0 Å². The van der Waals surface area contributed by atoms with Crippen LogP contribution in [0.1, 0.15) is 51.0 Å². The van der Waals surface area contributed by atoms with Crippen molar-refractivity contribution in [1.29, 1.82) is 0 Å². The van der Waals surface area contributed by atoms with Gasteiger partial charge in [-0.25, -0.2) is 4.98 Å². The molecule has 3 atom stereocenters. The molecule has 0 aliphatic heterocycles. The highest BCUT2D eigenvalue weighted by Crippen LogP contribution is 2.28. The van der Waals surface area contributed by atoms with Gasteiger partial charge in [0.25, 0.3) is 0 Å². The van der Waals surface area contributed by atoms with E-state index in [0.717, 1.165) is 23.8 Å². The summed E-state index contributed by atoms with van der Waals surface area (Å²) in [6.07, 6.45) is 3.25. The molecule has 0 bridgehead atoms. The van der Waals surface area contributed by atoms with Gasteiger partial charge in [0.1, 0.15) is 5.82 Å². The zero-order valence-corrected chi connectivity index (χ0v) is 16.0. The largest absolute Gasteiger partial charge is 0.346 e. The van der Waals surface area contributed by atoms with Crippen molar-refractivity contribution in [2.24, 2.45) is 11.7 Å². The number of amides is 1. The molecule has 0 spiro atoms. The van der Waals surface area contributed by atoms with E-state index in [1.807, 2.05) is 0 Å². The Kier molecular flexibility index (Phi) is 8.24. The van der Waals surface area contributed by atoms with Crippen LogP contribution < -0.4 is 11.1 Å². The highest BCUT2D eigenvalue weighted by molar-refractivity contribution is 5.85. The number of hydrogen-bond acceptors (Lipinski definition) is 3. The van der Waals surface area contributed by atoms with E-state index in [4.69, 9.17) is 5.73 Å². The van der Waals surface area contributed by atoms with Crippen molar-refractivity contribution >= 4 is 41.8 Å². The fourth-order valence-electron chi connectivity index (χ4n) is 3.50. The first-order chi connectivity index (χ1) is 11.5. The van der Waals surface area contributed by atoms with Crippen molar-refractivity contribution in [3.05, 3.63) is 30.1 Å². The summed E-state index contributed by atoms with van der Waals surface area (Å²) >= 11 is 0. The zero-order chi connectivity index (χ0) is 17.3. The predicted molar refractivity (Wildman–Crippen MR) is 102 cm³/mol. The van der Waals surface area contributed by atoms with Crippen LogP contribution in [0.4, 0.5) is 8.78 Å². The Morgan fingerprint density at radius 1 is 1.35 bits per heavy atom. The molecule has 3 N–H and O–H groups in total. The molecular formula is C17H24Cl2F2N4O. The van der Waals surface area contributed by atoms with E-state index in [-0.39, 0.29) is 48.5 Å². The Bertz CT molecular complexity index is 741. The highest BCUT2D eigenvalue weighted by atomic mass is 35.5. The summed E-state index contributed by atoms with van der Waals surface area (Å²) in [5.74, 6) is 0.166. The third kappa shape index (κ3) is 4.64. The van der Waals surface area contributed by atoms with Crippen molar-refractivity contribution < 1.29 is 13.6 Å². The Hall–Kier alpha value is -1.44. The van der Waals surface area contributed by atoms with Gasteiger partial charge >= 0.3 is 6.55 Å². The topological polar surface area (TPSA) is 72.9 Å². The number of alkyl halides is 2. The van der Waals surface area contributed by atoms with Gasteiger partial charge in [0, 0.05) is 12.5 Å². The number of carbonyl (C=O) groups excluding carboxylic acids is 1. The maximum atomic E-state index is 13.5. The van der Waals surface area contributed by atoms with Crippen LogP contribution in [0.15, 0.2) is 24.3 Å². The molecular weight excluding hydrogens is 385 g/mol. The van der Waals surface area contributed by atoms with Gasteiger partial charge in [-0.1, -0.05) is 18.6 Å². The zero-order valence-electron chi connectivity index (χ0n) is 14.4. The summed E-state index contributed by atoms with van der Waals surface area (Å²) in [6, 6.07) is 6.18. The number of halogens is 4. The highest BCUT2D eigenvalue weighted by Gasteiger charge is 2.28. The van der Waals surface area contributed by atoms with Gasteiger partial charge in [-0.2, -0.15) is 8.78 Å². The SMILES string of the molecule is CC(NC(=O)C[C@@H]1CCC[C@H]1N)c1nc2ccccc2n1C(F)F.Cl.Cl. The van der Waals surface area contributed by atoms with E-state index in [1.165, 1.54) is 0 Å². The fourth-order valence-corrected chi connectivity index (χ4v) is 3.50. The quantitative estimate of drug-likeness (QED) is 0.785. The van der Waals surface area contributed by atoms with Crippen LogP contribution in [0.5, 0.6) is 0 Å². The molecule has 1 heterocycles. The number of nitrogens with two attached hydrogens (primary N) is 1. The molecule has 1 saturated carbocycles. The molecule has 1 aliphatic carbocycles. The third-order valence-corrected chi connectivity index (χ3v) is 4.75. The Balaban J connectivity index is 0.00000169. The summed E-state index contributed by atoms with van der Waals surface area (Å²) in [7, 11) is 0. The number of fused-ring (bicyclic) bond motifs is 1. The lowest BCUT2D eigenvalue weighted by Gasteiger charge is -2.19. The first kappa shape index (κ1) is 22.6. The number of carbonyl (C=O) groups is 1. The lowest BCUT2D eigenvalue weighted by molar-refractivity contribution is -0.122. The number of benzene rings is 1. The number of nitrogens with zero attached hydrogens (tertiary/aromatic N) is 2. The molecule has 9 heteroatoms. The Morgan fingerprint density at radius 2 is 2.04 bits per heavy atom. The molecule has 0 saturated heterocycles. The molecule has 1 fully saturated rings. The van der Waals surface area contributed by atoms with Gasteiger partial charge in [-0.3, -0.25) is 9.36 Å². The number of para-hydroxylation sites is 2. The van der Waals surface area contributed by atoms with E-state index in [9.17, 15) is 13.6 Å². The van der Waals surface area contributed by atoms with E-state index in [1.54, 1.807) is 31.2 Å². The molecule has 26 heavy (non-hydrogen) atoms. The lowest BCUT2D eigenvalue weighted by Crippen LogP contribution is -2.33. The number of nitrogens with one attached hydrogen (secondary N) is 1. The van der Waals surface area contributed by atoms with Gasteiger partial charge in [0.05, 0.1) is 17.1 Å². The average molecular weight is 409 g/mol.